The van der Waals surface area contributed by atoms with Crippen LogP contribution in [-0.4, -0.2) is 49.5 Å². The van der Waals surface area contributed by atoms with E-state index >= 15 is 0 Å². The van der Waals surface area contributed by atoms with Gasteiger partial charge in [-0.05, 0) is 0 Å². The summed E-state index contributed by atoms with van der Waals surface area (Å²) in [7, 11) is 0. The number of pyridine rings is 1. The average Bonchev–Trinajstić information content (AvgIpc) is 1.60. The Morgan fingerprint density at radius 2 is 0.618 bits per heavy atom. The van der Waals surface area contributed by atoms with Gasteiger partial charge < -0.3 is 0 Å². The molecule has 0 saturated heterocycles. The first-order chi connectivity index (χ1) is 42.0. The Morgan fingerprint density at radius 1 is 0.303 bits per heavy atom. The van der Waals surface area contributed by atoms with Crippen LogP contribution in [0.2, 0.25) is 0 Å². The van der Waals surface area contributed by atoms with E-state index in [0.29, 0.717) is 102 Å². The van der Waals surface area contributed by atoms with Gasteiger partial charge in [0.25, 0.3) is 0 Å². The monoisotopic (exact) mass is 1360 g/mol. The van der Waals surface area contributed by atoms with Gasteiger partial charge in [0.1, 0.15) is 0 Å². The van der Waals surface area contributed by atoms with Crippen LogP contribution in [-0.2, 0) is 35.3 Å². The molecule has 0 spiro atoms. The van der Waals surface area contributed by atoms with E-state index < -0.39 is 63.2 Å². The number of hydrogen-bond donors (Lipinski definition) is 0. The Bertz CT molecular complexity index is 4290. The van der Waals surface area contributed by atoms with Crippen molar-refractivity contribution in [2.75, 3.05) is 76.9 Å². The number of nitrogens with zero attached hydrogens (tertiary/aromatic N) is 11. The van der Waals surface area contributed by atoms with Crippen LogP contribution < -0.4 is 49.0 Å². The third-order valence-electron chi connectivity index (χ3n) is 14.1. The molecule has 15 rings (SSSR count). The summed E-state index contributed by atoms with van der Waals surface area (Å²) in [6.07, 6.45) is 1.81. The van der Waals surface area contributed by atoms with E-state index in [-0.39, 0.29) is 0 Å². The molecule has 6 aliphatic rings. The number of aryl methyl sites for hydroxylation is 2. The van der Waals surface area contributed by atoms with Crippen LogP contribution in [0, 0.1) is 13.8 Å². The number of benzene rings is 8. The number of para-hydroxylation sites is 8. The molecule has 0 saturated carbocycles. The second-order valence-corrected chi connectivity index (χ2v) is 24.1. The molecule has 0 unspecified atom stereocenters. The van der Waals surface area contributed by atoms with E-state index in [2.05, 4.69) is 21.9 Å². The van der Waals surface area contributed by atoms with Crippen molar-refractivity contribution in [1.29, 1.82) is 0 Å². The molecule has 1 aromatic heterocycles. The molecule has 0 atom stereocenters. The quantitative estimate of drug-likeness (QED) is 0.166. The second-order valence-electron chi connectivity index (χ2n) is 18.9. The first kappa shape index (κ1) is 34.4. The SMILES string of the molecule is [2H]C([2H])([2H])N1[C]2=[Pt]=[C]3N(c4cc(C)cc(c4)N(c4ccc(N5c6cccc(c6)N6[C](=[Pt]=[C]7N(c8cc(C)cc5c8)c5ccccc5N7C([2H])([2H])[2H])N(C([2H])([2H])[2H])c5ccccc56)nc4)c4cccc(c4)N2c2ccccc21)c1ccccc1N3C([2H])([2H])[2H]. The molecule has 11 nitrogen and oxygen atoms in total. The van der Waals surface area contributed by atoms with E-state index in [1.807, 2.05) is 197 Å². The predicted molar refractivity (Wildman–Crippen MR) is 311 cm³/mol. The molecule has 9 aromatic rings. The van der Waals surface area contributed by atoms with E-state index in [1.54, 1.807) is 24.3 Å². The van der Waals surface area contributed by atoms with Crippen molar-refractivity contribution in [2.24, 2.45) is 0 Å². The molecule has 378 valence electrons. The van der Waals surface area contributed by atoms with Gasteiger partial charge in [-0.25, -0.2) is 0 Å². The van der Waals surface area contributed by atoms with E-state index in [1.165, 1.54) is 19.6 Å². The molecular weight excluding hydrogens is 1300 g/mol. The van der Waals surface area contributed by atoms with Crippen molar-refractivity contribution in [3.63, 3.8) is 0 Å². The van der Waals surface area contributed by atoms with Crippen molar-refractivity contribution in [1.82, 2.24) is 4.98 Å². The molecule has 76 heavy (non-hydrogen) atoms. The Hall–Kier alpha value is -8.23. The summed E-state index contributed by atoms with van der Waals surface area (Å²) in [6.45, 7) is -6.61. The average molecular weight is 1360 g/mol. The summed E-state index contributed by atoms with van der Waals surface area (Å²) in [5.74, 6) is 0.527. The predicted octanol–water partition coefficient (Wildman–Crippen LogP) is 13.5. The fraction of sp³-hybridized carbons (Fsp3) is 0.0952. The van der Waals surface area contributed by atoms with Gasteiger partial charge in [-0.15, -0.1) is 0 Å². The Morgan fingerprint density at radius 3 is 0.987 bits per heavy atom. The van der Waals surface area contributed by atoms with E-state index in [9.17, 15) is 0 Å². The molecule has 0 N–H and O–H groups in total. The van der Waals surface area contributed by atoms with Crippen molar-refractivity contribution in [3.05, 3.63) is 211 Å². The first-order valence-electron chi connectivity index (χ1n) is 30.4. The molecular formula is C63H51N11Pt2. The number of hydrogen-bond acceptors (Lipinski definition) is 11. The van der Waals surface area contributed by atoms with Crippen LogP contribution in [0.5, 0.6) is 0 Å². The van der Waals surface area contributed by atoms with Crippen LogP contribution in [0.25, 0.3) is 0 Å². The summed E-state index contributed by atoms with van der Waals surface area (Å²) in [5.41, 5.74) is 12.5. The maximum absolute atomic E-state index is 9.07. The third-order valence-corrected chi connectivity index (χ3v) is 20.2. The molecule has 8 bridgehead atoms. The van der Waals surface area contributed by atoms with Crippen LogP contribution in [0.3, 0.4) is 0 Å². The second kappa shape index (κ2) is 17.1. The molecule has 0 radical (unpaired) electrons. The van der Waals surface area contributed by atoms with Crippen LogP contribution >= 0.6 is 0 Å². The summed E-state index contributed by atoms with van der Waals surface area (Å²) < 4.78 is 111. The van der Waals surface area contributed by atoms with Gasteiger partial charge in [-0.1, -0.05) is 0 Å². The van der Waals surface area contributed by atoms with Gasteiger partial charge >= 0.3 is 478 Å². The normalized spacial score (nSPS) is 19.0. The van der Waals surface area contributed by atoms with Gasteiger partial charge in [0.2, 0.25) is 0 Å². The Balaban J connectivity index is 0.945. The topological polar surface area (TPSA) is 45.3 Å². The van der Waals surface area contributed by atoms with Crippen LogP contribution in [0.15, 0.2) is 200 Å². The van der Waals surface area contributed by atoms with Gasteiger partial charge in [0.15, 0.2) is 0 Å². The van der Waals surface area contributed by atoms with Gasteiger partial charge in [0.05, 0.1) is 0 Å². The van der Waals surface area contributed by atoms with Crippen molar-refractivity contribution < 1.29 is 51.7 Å². The fourth-order valence-electron chi connectivity index (χ4n) is 10.9. The Kier molecular flexibility index (Phi) is 7.75. The molecule has 8 aromatic carbocycles. The van der Waals surface area contributed by atoms with Gasteiger partial charge in [0, 0.05) is 0 Å². The standard InChI is InChI=1S/C63H51N11.2Pt/c1-44-31-51(71-42-67(5)57-23-9-13-27-61(57)71)37-53(33-44)73(48-19-15-17-46(35-48)69-40-65(3)55-21-7-11-25-59(55)69)50-29-30-63(64-39-50)74(49-20-16-18-47(36-49)70-41-66(4)56-22-8-12-26-60(56)70)54-34-45(2)32-52(38-54)72-43-68(6)58-24-10-14-28-62(58)72;;/h7-39H,1-6H3;;/i3D3,4D3,5D3,6D3;;. The fourth-order valence-corrected chi connectivity index (χ4v) is 17.2. The van der Waals surface area contributed by atoms with Crippen LogP contribution in [0.1, 0.15) is 27.6 Å². The molecule has 0 aliphatic carbocycles. The molecule has 0 fully saturated rings. The van der Waals surface area contributed by atoms with Gasteiger partial charge in [-0.2, -0.15) is 0 Å². The number of fused-ring (bicyclic) bond motifs is 24. The third kappa shape index (κ3) is 6.78. The van der Waals surface area contributed by atoms with Crippen LogP contribution in [0.4, 0.5) is 103 Å². The van der Waals surface area contributed by atoms with Gasteiger partial charge in [-0.3, -0.25) is 0 Å². The minimum atomic E-state index is -2.65. The van der Waals surface area contributed by atoms with E-state index in [0.717, 1.165) is 28.2 Å². The van der Waals surface area contributed by atoms with E-state index in [4.69, 9.17) is 21.4 Å². The molecule has 6 aliphatic heterocycles. The first-order valence-corrected chi connectivity index (χ1v) is 29.0. The number of rotatable bonds is 2. The number of anilines is 18. The zero-order valence-electron chi connectivity index (χ0n) is 52.6. The van der Waals surface area contributed by atoms with Crippen molar-refractivity contribution in [3.8, 4) is 0 Å². The summed E-state index contributed by atoms with van der Waals surface area (Å²) >= 11 is -3.32. The van der Waals surface area contributed by atoms with Crippen molar-refractivity contribution >= 4 is 119 Å². The van der Waals surface area contributed by atoms with Crippen molar-refractivity contribution in [2.45, 2.75) is 13.8 Å². The Labute approximate surface area is 475 Å². The zero-order valence-corrected chi connectivity index (χ0v) is 45.1. The molecule has 13 heteroatoms. The minimum absolute atomic E-state index is 0.453. The summed E-state index contributed by atoms with van der Waals surface area (Å²) in [5, 5.41) is 0. The summed E-state index contributed by atoms with van der Waals surface area (Å²) in [6, 6.07) is 61.6. The maximum atomic E-state index is 9.07. The molecule has 7 heterocycles. The summed E-state index contributed by atoms with van der Waals surface area (Å²) in [4.78, 5) is 23.0. The zero-order chi connectivity index (χ0) is 61.1. The number of aromatic nitrogens is 1. The molecule has 0 amide bonds.